The molecule has 20 heavy (non-hydrogen) atoms. The van der Waals surface area contributed by atoms with Gasteiger partial charge in [-0.15, -0.1) is 0 Å². The summed E-state index contributed by atoms with van der Waals surface area (Å²) in [6.45, 7) is 4.10. The fraction of sp³-hybridized carbons (Fsp3) is 0.267. The van der Waals surface area contributed by atoms with Crippen LogP contribution in [-0.2, 0) is 15.6 Å². The molecular formula is C15H16O4S. The van der Waals surface area contributed by atoms with Gasteiger partial charge >= 0.3 is 0 Å². The van der Waals surface area contributed by atoms with Gasteiger partial charge in [-0.25, -0.2) is 8.42 Å². The third kappa shape index (κ3) is 3.17. The number of aldehydes is 1. The average molecular weight is 292 g/mol. The monoisotopic (exact) mass is 292 g/mol. The highest BCUT2D eigenvalue weighted by atomic mass is 32.2. The highest BCUT2D eigenvalue weighted by Crippen LogP contribution is 2.21. The zero-order chi connectivity index (χ0) is 14.8. The van der Waals surface area contributed by atoms with E-state index in [-0.39, 0.29) is 22.2 Å². The molecule has 106 valence electrons. The molecule has 0 saturated carbocycles. The summed E-state index contributed by atoms with van der Waals surface area (Å²) >= 11 is 0. The minimum atomic E-state index is -3.46. The molecule has 0 saturated heterocycles. The van der Waals surface area contributed by atoms with E-state index in [0.717, 1.165) is 5.56 Å². The Labute approximate surface area is 118 Å². The Morgan fingerprint density at radius 3 is 2.25 bits per heavy atom. The lowest BCUT2D eigenvalue weighted by Gasteiger charge is -2.07. The molecule has 0 N–H and O–H groups in total. The van der Waals surface area contributed by atoms with Crippen molar-refractivity contribution in [2.45, 2.75) is 30.4 Å². The van der Waals surface area contributed by atoms with Crippen LogP contribution in [0.4, 0.5) is 0 Å². The molecule has 1 heterocycles. The Hall–Kier alpha value is -1.88. The van der Waals surface area contributed by atoms with Crippen molar-refractivity contribution < 1.29 is 17.6 Å². The second kappa shape index (κ2) is 5.63. The Balaban J connectivity index is 2.23. The normalized spacial score (nSPS) is 11.8. The summed E-state index contributed by atoms with van der Waals surface area (Å²) in [6.07, 6.45) is 0.549. The summed E-state index contributed by atoms with van der Waals surface area (Å²) in [5, 5.41) is 0. The number of hydrogen-bond donors (Lipinski definition) is 0. The number of furan rings is 1. The fourth-order valence-electron chi connectivity index (χ4n) is 1.87. The van der Waals surface area contributed by atoms with Gasteiger partial charge in [0, 0.05) is 0 Å². The van der Waals surface area contributed by atoms with Crippen LogP contribution in [0.1, 0.15) is 41.6 Å². The van der Waals surface area contributed by atoms with E-state index in [4.69, 9.17) is 4.42 Å². The molecule has 0 unspecified atom stereocenters. The van der Waals surface area contributed by atoms with E-state index in [1.165, 1.54) is 12.1 Å². The fourth-order valence-corrected chi connectivity index (χ4v) is 3.11. The second-order valence-corrected chi connectivity index (χ2v) is 6.89. The Morgan fingerprint density at radius 1 is 1.10 bits per heavy atom. The summed E-state index contributed by atoms with van der Waals surface area (Å²) in [5.74, 6) is 0.499. The first kappa shape index (κ1) is 14.5. The topological polar surface area (TPSA) is 64.3 Å². The lowest BCUT2D eigenvalue weighted by Crippen LogP contribution is -2.04. The molecule has 5 heteroatoms. The molecule has 0 bridgehead atoms. The molecule has 2 rings (SSSR count). The van der Waals surface area contributed by atoms with Crippen molar-refractivity contribution in [2.75, 3.05) is 0 Å². The van der Waals surface area contributed by atoms with E-state index < -0.39 is 9.84 Å². The van der Waals surface area contributed by atoms with Crippen LogP contribution in [-0.4, -0.2) is 14.7 Å². The molecule has 1 aromatic heterocycles. The van der Waals surface area contributed by atoms with Crippen LogP contribution in [0, 0.1) is 0 Å². The molecule has 0 aliphatic heterocycles. The maximum atomic E-state index is 12.2. The van der Waals surface area contributed by atoms with E-state index >= 15 is 0 Å². The van der Waals surface area contributed by atoms with Crippen LogP contribution in [0.5, 0.6) is 0 Å². The third-order valence-electron chi connectivity index (χ3n) is 3.04. The smallest absolute Gasteiger partial charge is 0.185 e. The minimum Gasteiger partial charge on any atom is -0.457 e. The lowest BCUT2D eigenvalue weighted by molar-refractivity contribution is 0.109. The molecule has 0 amide bonds. The molecule has 0 fully saturated rings. The summed E-state index contributed by atoms with van der Waals surface area (Å²) in [5.41, 5.74) is 1.09. The molecule has 0 aliphatic carbocycles. The predicted molar refractivity (Wildman–Crippen MR) is 75.5 cm³/mol. The molecule has 0 atom stereocenters. The van der Waals surface area contributed by atoms with Crippen molar-refractivity contribution in [3.05, 3.63) is 53.5 Å². The van der Waals surface area contributed by atoms with E-state index in [9.17, 15) is 13.2 Å². The number of hydrogen-bond acceptors (Lipinski definition) is 4. The summed E-state index contributed by atoms with van der Waals surface area (Å²) in [7, 11) is -3.46. The van der Waals surface area contributed by atoms with Crippen molar-refractivity contribution in [3.8, 4) is 0 Å². The van der Waals surface area contributed by atoms with Crippen molar-refractivity contribution in [3.63, 3.8) is 0 Å². The standard InChI is InChI=1S/C15H16O4S/c1-11(2)12-3-7-15(8-4-12)20(17,18)10-14-6-5-13(9-16)19-14/h3-9,11H,10H2,1-2H3. The zero-order valence-corrected chi connectivity index (χ0v) is 12.2. The summed E-state index contributed by atoms with van der Waals surface area (Å²) in [4.78, 5) is 10.8. The zero-order valence-electron chi connectivity index (χ0n) is 11.4. The first-order valence-corrected chi connectivity index (χ1v) is 7.94. The average Bonchev–Trinajstić information content (AvgIpc) is 2.85. The van der Waals surface area contributed by atoms with Gasteiger partial charge in [0.2, 0.25) is 0 Å². The molecule has 4 nitrogen and oxygen atoms in total. The molecule has 0 radical (unpaired) electrons. The summed E-state index contributed by atoms with van der Waals surface area (Å²) in [6, 6.07) is 9.80. The first-order valence-electron chi connectivity index (χ1n) is 6.29. The predicted octanol–water partition coefficient (Wildman–Crippen LogP) is 3.19. The Bertz CT molecular complexity index is 694. The van der Waals surface area contributed by atoms with Crippen LogP contribution < -0.4 is 0 Å². The molecule has 0 spiro atoms. The van der Waals surface area contributed by atoms with Gasteiger partial charge in [0.05, 0.1) is 4.90 Å². The maximum Gasteiger partial charge on any atom is 0.185 e. The van der Waals surface area contributed by atoms with E-state index in [1.54, 1.807) is 12.1 Å². The van der Waals surface area contributed by atoms with Crippen LogP contribution in [0.15, 0.2) is 45.7 Å². The number of rotatable bonds is 5. The van der Waals surface area contributed by atoms with Crippen LogP contribution in [0.3, 0.4) is 0 Å². The van der Waals surface area contributed by atoms with Crippen LogP contribution in [0.25, 0.3) is 0 Å². The molecular weight excluding hydrogens is 276 g/mol. The van der Waals surface area contributed by atoms with Gasteiger partial charge in [-0.1, -0.05) is 26.0 Å². The number of benzene rings is 1. The quantitative estimate of drug-likeness (QED) is 0.794. The van der Waals surface area contributed by atoms with Gasteiger partial charge < -0.3 is 4.42 Å². The minimum absolute atomic E-state index is 0.130. The van der Waals surface area contributed by atoms with Gasteiger partial charge in [0.15, 0.2) is 21.9 Å². The lowest BCUT2D eigenvalue weighted by atomic mass is 10.0. The highest BCUT2D eigenvalue weighted by molar-refractivity contribution is 7.90. The number of carbonyl (C=O) groups excluding carboxylic acids is 1. The van der Waals surface area contributed by atoms with E-state index in [1.807, 2.05) is 26.0 Å². The molecule has 1 aromatic carbocycles. The second-order valence-electron chi connectivity index (χ2n) is 4.90. The van der Waals surface area contributed by atoms with Crippen molar-refractivity contribution >= 4 is 16.1 Å². The van der Waals surface area contributed by atoms with Crippen molar-refractivity contribution in [1.82, 2.24) is 0 Å². The van der Waals surface area contributed by atoms with Gasteiger partial charge in [-0.05, 0) is 35.7 Å². The maximum absolute atomic E-state index is 12.2. The Kier molecular flexibility index (Phi) is 4.09. The van der Waals surface area contributed by atoms with Gasteiger partial charge in [-0.2, -0.15) is 0 Å². The van der Waals surface area contributed by atoms with Gasteiger partial charge in [0.1, 0.15) is 11.5 Å². The van der Waals surface area contributed by atoms with Crippen LogP contribution in [0.2, 0.25) is 0 Å². The third-order valence-corrected chi connectivity index (χ3v) is 4.69. The number of carbonyl (C=O) groups is 1. The van der Waals surface area contributed by atoms with E-state index in [0.29, 0.717) is 12.2 Å². The SMILES string of the molecule is CC(C)c1ccc(S(=O)(=O)Cc2ccc(C=O)o2)cc1. The van der Waals surface area contributed by atoms with Crippen molar-refractivity contribution in [2.24, 2.45) is 0 Å². The summed E-state index contributed by atoms with van der Waals surface area (Å²) < 4.78 is 29.6. The largest absolute Gasteiger partial charge is 0.457 e. The van der Waals surface area contributed by atoms with E-state index in [2.05, 4.69) is 0 Å². The van der Waals surface area contributed by atoms with Gasteiger partial charge in [0.25, 0.3) is 0 Å². The molecule has 2 aromatic rings. The Morgan fingerprint density at radius 2 is 1.75 bits per heavy atom. The molecule has 0 aliphatic rings. The number of sulfone groups is 1. The highest BCUT2D eigenvalue weighted by Gasteiger charge is 2.18. The van der Waals surface area contributed by atoms with Crippen LogP contribution >= 0.6 is 0 Å². The first-order chi connectivity index (χ1) is 9.42. The van der Waals surface area contributed by atoms with Crippen molar-refractivity contribution in [1.29, 1.82) is 0 Å². The van der Waals surface area contributed by atoms with Gasteiger partial charge in [-0.3, -0.25) is 4.79 Å².